The first-order valence-electron chi connectivity index (χ1n) is 8.24. The Morgan fingerprint density at radius 2 is 2.16 bits per heavy atom. The van der Waals surface area contributed by atoms with Gasteiger partial charge in [0.1, 0.15) is 0 Å². The summed E-state index contributed by atoms with van der Waals surface area (Å²) in [6.07, 6.45) is 3.19. The quantitative estimate of drug-likeness (QED) is 0.867. The van der Waals surface area contributed by atoms with E-state index in [2.05, 4.69) is 11.4 Å². The second kappa shape index (κ2) is 7.17. The fourth-order valence-corrected chi connectivity index (χ4v) is 4.66. The van der Waals surface area contributed by atoms with Crippen molar-refractivity contribution in [2.75, 3.05) is 24.7 Å². The molecule has 0 spiro atoms. The summed E-state index contributed by atoms with van der Waals surface area (Å²) in [4.78, 5) is 16.1. The van der Waals surface area contributed by atoms with Gasteiger partial charge in [0.05, 0.1) is 17.5 Å². The van der Waals surface area contributed by atoms with Crippen molar-refractivity contribution in [2.45, 2.75) is 30.7 Å². The smallest absolute Gasteiger partial charge is 0.242 e. The number of hydrogen-bond acceptors (Lipinski definition) is 5. The van der Waals surface area contributed by atoms with E-state index < -0.39 is 9.84 Å². The van der Waals surface area contributed by atoms with Crippen LogP contribution in [0.25, 0.3) is 0 Å². The van der Waals surface area contributed by atoms with Crippen molar-refractivity contribution in [1.29, 1.82) is 0 Å². The maximum Gasteiger partial charge on any atom is 0.242 e. The molecule has 1 amide bonds. The second-order valence-corrected chi connectivity index (χ2v) is 9.36. The highest BCUT2D eigenvalue weighted by Gasteiger charge is 2.30. The number of amides is 1. The van der Waals surface area contributed by atoms with Crippen molar-refractivity contribution >= 4 is 32.8 Å². The largest absolute Gasteiger partial charge is 0.376 e. The fourth-order valence-electron chi connectivity index (χ4n) is 3.14. The summed E-state index contributed by atoms with van der Waals surface area (Å²) in [6.45, 7) is 2.82. The number of thiophene rings is 1. The summed E-state index contributed by atoms with van der Waals surface area (Å²) in [5, 5.41) is 5.15. The second-order valence-electron chi connectivity index (χ2n) is 6.36. The average molecular weight is 379 g/mol. The third-order valence-corrected chi connectivity index (χ3v) is 6.60. The van der Waals surface area contributed by atoms with Crippen LogP contribution in [0.2, 0.25) is 0 Å². The first-order chi connectivity index (χ1) is 11.9. The molecule has 2 aromatic rings. The Hall–Kier alpha value is -1.86. The van der Waals surface area contributed by atoms with Crippen LogP contribution in [-0.2, 0) is 14.6 Å². The van der Waals surface area contributed by atoms with Crippen LogP contribution >= 0.6 is 11.3 Å². The van der Waals surface area contributed by atoms with Gasteiger partial charge in [-0.05, 0) is 48.9 Å². The van der Waals surface area contributed by atoms with E-state index in [9.17, 15) is 13.2 Å². The van der Waals surface area contributed by atoms with Crippen LogP contribution in [0, 0.1) is 6.92 Å². The molecule has 0 saturated carbocycles. The topological polar surface area (TPSA) is 66.5 Å². The van der Waals surface area contributed by atoms with Gasteiger partial charge in [0, 0.05) is 23.4 Å². The molecule has 0 radical (unpaired) electrons. The van der Waals surface area contributed by atoms with Crippen molar-refractivity contribution in [3.05, 3.63) is 46.2 Å². The zero-order valence-electron chi connectivity index (χ0n) is 14.4. The molecule has 1 atom stereocenters. The van der Waals surface area contributed by atoms with E-state index in [-0.39, 0.29) is 23.4 Å². The lowest BCUT2D eigenvalue weighted by atomic mass is 10.2. The molecule has 7 heteroatoms. The molecule has 0 unspecified atom stereocenters. The van der Waals surface area contributed by atoms with Crippen LogP contribution in [0.3, 0.4) is 0 Å². The van der Waals surface area contributed by atoms with Gasteiger partial charge in [-0.3, -0.25) is 4.79 Å². The highest BCUT2D eigenvalue weighted by Crippen LogP contribution is 2.34. The van der Waals surface area contributed by atoms with E-state index in [0.717, 1.165) is 24.9 Å². The van der Waals surface area contributed by atoms with E-state index >= 15 is 0 Å². The van der Waals surface area contributed by atoms with Crippen LogP contribution in [0.15, 0.2) is 40.6 Å². The number of benzene rings is 1. The number of sulfone groups is 1. The van der Waals surface area contributed by atoms with Crippen LogP contribution in [0.5, 0.6) is 0 Å². The number of likely N-dealkylation sites (tertiary alicyclic amines) is 1. The number of nitrogens with one attached hydrogen (secondary N) is 1. The summed E-state index contributed by atoms with van der Waals surface area (Å²) < 4.78 is 23.4. The number of anilines is 1. The van der Waals surface area contributed by atoms with E-state index in [4.69, 9.17) is 0 Å². The lowest BCUT2D eigenvalue weighted by molar-refractivity contribution is -0.130. The third-order valence-electron chi connectivity index (χ3n) is 4.51. The van der Waals surface area contributed by atoms with Crippen LogP contribution in [-0.4, -0.2) is 38.6 Å². The number of hydrogen-bond donors (Lipinski definition) is 1. The first kappa shape index (κ1) is 17.9. The summed E-state index contributed by atoms with van der Waals surface area (Å²) in [7, 11) is -3.27. The molecular weight excluding hydrogens is 356 g/mol. The lowest BCUT2D eigenvalue weighted by Gasteiger charge is -2.24. The molecule has 1 saturated heterocycles. The zero-order valence-corrected chi connectivity index (χ0v) is 16.0. The Balaban J connectivity index is 1.70. The predicted octanol–water partition coefficient (Wildman–Crippen LogP) is 3.24. The average Bonchev–Trinajstić information content (AvgIpc) is 3.23. The molecular formula is C18H22N2O3S2. The Morgan fingerprint density at radius 1 is 1.36 bits per heavy atom. The van der Waals surface area contributed by atoms with Gasteiger partial charge in [-0.1, -0.05) is 12.1 Å². The SMILES string of the molecule is Cc1ccc(S(C)(=O)=O)cc1NCC(=O)N1CCC[C@H]1c1cccs1. The molecule has 0 bridgehead atoms. The summed E-state index contributed by atoms with van der Waals surface area (Å²) in [6, 6.07) is 9.20. The van der Waals surface area contributed by atoms with Crippen molar-refractivity contribution < 1.29 is 13.2 Å². The van der Waals surface area contributed by atoms with Gasteiger partial charge in [-0.2, -0.15) is 0 Å². The molecule has 5 nitrogen and oxygen atoms in total. The van der Waals surface area contributed by atoms with Gasteiger partial charge in [-0.15, -0.1) is 11.3 Å². The van der Waals surface area contributed by atoms with Crippen molar-refractivity contribution in [3.63, 3.8) is 0 Å². The molecule has 3 rings (SSSR count). The minimum Gasteiger partial charge on any atom is -0.376 e. The van der Waals surface area contributed by atoms with Gasteiger partial charge in [-0.25, -0.2) is 8.42 Å². The number of carbonyl (C=O) groups excluding carboxylic acids is 1. The monoisotopic (exact) mass is 378 g/mol. The Labute approximate surface area is 152 Å². The van der Waals surface area contributed by atoms with E-state index in [1.165, 1.54) is 11.1 Å². The first-order valence-corrected chi connectivity index (χ1v) is 11.0. The molecule has 1 aliphatic heterocycles. The molecule has 1 aliphatic rings. The molecule has 25 heavy (non-hydrogen) atoms. The summed E-state index contributed by atoms with van der Waals surface area (Å²) in [5.74, 6) is 0.0417. The lowest BCUT2D eigenvalue weighted by Crippen LogP contribution is -2.35. The van der Waals surface area contributed by atoms with Crippen LogP contribution in [0.1, 0.15) is 29.3 Å². The van der Waals surface area contributed by atoms with Crippen molar-refractivity contribution in [3.8, 4) is 0 Å². The van der Waals surface area contributed by atoms with Gasteiger partial charge in [0.2, 0.25) is 5.91 Å². The minimum atomic E-state index is -3.27. The number of aryl methyl sites for hydroxylation is 1. The molecule has 0 aliphatic carbocycles. The molecule has 134 valence electrons. The van der Waals surface area contributed by atoms with Crippen molar-refractivity contribution in [1.82, 2.24) is 4.90 Å². The van der Waals surface area contributed by atoms with Gasteiger partial charge >= 0.3 is 0 Å². The third kappa shape index (κ3) is 4.04. The van der Waals surface area contributed by atoms with Crippen LogP contribution < -0.4 is 5.32 Å². The molecule has 1 fully saturated rings. The summed E-state index contributed by atoms with van der Waals surface area (Å²) in [5.41, 5.74) is 1.60. The Morgan fingerprint density at radius 3 is 2.84 bits per heavy atom. The standard InChI is InChI=1S/C18H22N2O3S2/c1-13-7-8-14(25(2,22)23)11-15(13)19-12-18(21)20-9-3-5-16(20)17-6-4-10-24-17/h4,6-8,10-11,16,19H,3,5,9,12H2,1-2H3/t16-/m0/s1. The molecule has 1 N–H and O–H groups in total. The van der Waals surface area contributed by atoms with Gasteiger partial charge in [0.25, 0.3) is 0 Å². The number of nitrogens with zero attached hydrogens (tertiary/aromatic N) is 1. The Bertz CT molecular complexity index is 860. The van der Waals surface area contributed by atoms with E-state index in [1.54, 1.807) is 29.5 Å². The molecule has 1 aromatic carbocycles. The van der Waals surface area contributed by atoms with E-state index in [1.807, 2.05) is 23.3 Å². The van der Waals surface area contributed by atoms with E-state index in [0.29, 0.717) is 5.69 Å². The fraction of sp³-hybridized carbons (Fsp3) is 0.389. The maximum absolute atomic E-state index is 12.7. The van der Waals surface area contributed by atoms with Gasteiger partial charge < -0.3 is 10.2 Å². The minimum absolute atomic E-state index is 0.0417. The molecule has 1 aromatic heterocycles. The number of carbonyl (C=O) groups is 1. The van der Waals surface area contributed by atoms with Crippen molar-refractivity contribution in [2.24, 2.45) is 0 Å². The maximum atomic E-state index is 12.7. The number of rotatable bonds is 5. The zero-order chi connectivity index (χ0) is 18.0. The van der Waals surface area contributed by atoms with Gasteiger partial charge in [0.15, 0.2) is 9.84 Å². The predicted molar refractivity (Wildman–Crippen MR) is 101 cm³/mol. The highest BCUT2D eigenvalue weighted by atomic mass is 32.2. The summed E-state index contributed by atoms with van der Waals surface area (Å²) >= 11 is 1.68. The normalized spacial score (nSPS) is 17.7. The molecule has 2 heterocycles. The highest BCUT2D eigenvalue weighted by molar-refractivity contribution is 7.90. The van der Waals surface area contributed by atoms with Crippen LogP contribution in [0.4, 0.5) is 5.69 Å². The Kier molecular flexibility index (Phi) is 5.15.